The molecule has 66 valence electrons. The van der Waals surface area contributed by atoms with Gasteiger partial charge in [-0.1, -0.05) is 12.2 Å². The smallest absolute Gasteiger partial charge is 0.300 e. The number of rotatable bonds is 0. The Labute approximate surface area is 76.9 Å². The van der Waals surface area contributed by atoms with Gasteiger partial charge in [-0.15, -0.1) is 0 Å². The van der Waals surface area contributed by atoms with Crippen LogP contribution in [0.3, 0.4) is 0 Å². The van der Waals surface area contributed by atoms with Crippen LogP contribution in [0, 0.1) is 4.64 Å². The number of hydrogen-bond donors (Lipinski definition) is 3. The lowest BCUT2D eigenvalue weighted by molar-refractivity contribution is 1.12. The van der Waals surface area contributed by atoms with E-state index in [1.165, 1.54) is 6.20 Å². The number of anilines is 1. The molecule has 0 aliphatic rings. The Bertz CT molecular complexity index is 571. The van der Waals surface area contributed by atoms with Crippen LogP contribution in [0.2, 0.25) is 0 Å². The summed E-state index contributed by atoms with van der Waals surface area (Å²) in [6.07, 6.45) is 1.42. The molecular weight excluding hydrogens is 190 g/mol. The molecule has 2 aromatic rings. The van der Waals surface area contributed by atoms with Crippen molar-refractivity contribution >= 4 is 29.3 Å². The molecule has 2 aromatic heterocycles. The molecule has 0 radical (unpaired) electrons. The largest absolute Gasteiger partial charge is 0.369 e. The van der Waals surface area contributed by atoms with Crippen molar-refractivity contribution in [1.29, 1.82) is 0 Å². The Balaban J connectivity index is 3.03. The number of aromatic amines is 2. The summed E-state index contributed by atoms with van der Waals surface area (Å²) in [7, 11) is 0. The molecule has 0 aromatic carbocycles. The first-order valence-electron chi connectivity index (χ1n) is 3.41. The van der Waals surface area contributed by atoms with Gasteiger partial charge in [0, 0.05) is 0 Å². The maximum absolute atomic E-state index is 11.2. The third-order valence-electron chi connectivity index (χ3n) is 1.48. The number of H-pyrrole nitrogens is 2. The molecular formula is C6H5N5OS. The fourth-order valence-electron chi connectivity index (χ4n) is 0.966. The van der Waals surface area contributed by atoms with E-state index in [1.807, 2.05) is 0 Å². The zero-order valence-corrected chi connectivity index (χ0v) is 7.18. The van der Waals surface area contributed by atoms with Crippen LogP contribution < -0.4 is 11.3 Å². The zero-order chi connectivity index (χ0) is 9.42. The molecule has 2 rings (SSSR count). The lowest BCUT2D eigenvalue weighted by Gasteiger charge is -1.96. The van der Waals surface area contributed by atoms with Crippen molar-refractivity contribution in [2.24, 2.45) is 0 Å². The maximum atomic E-state index is 11.2. The van der Waals surface area contributed by atoms with E-state index < -0.39 is 5.56 Å². The van der Waals surface area contributed by atoms with Crippen molar-refractivity contribution in [2.45, 2.75) is 0 Å². The highest BCUT2D eigenvalue weighted by Crippen LogP contribution is 1.99. The van der Waals surface area contributed by atoms with Crippen LogP contribution in [0.1, 0.15) is 0 Å². The van der Waals surface area contributed by atoms with Crippen LogP contribution in [0.15, 0.2) is 11.0 Å². The lowest BCUT2D eigenvalue weighted by Crippen LogP contribution is -2.13. The molecule has 7 heteroatoms. The van der Waals surface area contributed by atoms with Crippen LogP contribution in [-0.2, 0) is 0 Å². The Kier molecular flexibility index (Phi) is 1.59. The molecule has 0 saturated heterocycles. The highest BCUT2D eigenvalue weighted by Gasteiger charge is 2.01. The van der Waals surface area contributed by atoms with Gasteiger partial charge in [0.25, 0.3) is 5.56 Å². The van der Waals surface area contributed by atoms with Crippen LogP contribution in [0.5, 0.6) is 0 Å². The molecule has 0 spiro atoms. The number of nitrogens with two attached hydrogens (primary N) is 1. The maximum Gasteiger partial charge on any atom is 0.300 e. The number of fused-ring (bicyclic) bond motifs is 1. The van der Waals surface area contributed by atoms with Crippen molar-refractivity contribution in [1.82, 2.24) is 19.9 Å². The molecule has 0 amide bonds. The van der Waals surface area contributed by atoms with E-state index in [4.69, 9.17) is 18.0 Å². The summed E-state index contributed by atoms with van der Waals surface area (Å²) in [6.45, 7) is 0. The van der Waals surface area contributed by atoms with E-state index in [1.54, 1.807) is 0 Å². The zero-order valence-electron chi connectivity index (χ0n) is 6.37. The quantitative estimate of drug-likeness (QED) is 0.512. The fraction of sp³-hybridized carbons (Fsp3) is 0. The summed E-state index contributed by atoms with van der Waals surface area (Å²) in [5.41, 5.74) is 5.44. The number of nitrogen functional groups attached to an aromatic ring is 1. The SMILES string of the molecule is Nc1nc(=O)c2[nH]c(=S)cnc2[nH]1. The first-order valence-corrected chi connectivity index (χ1v) is 3.82. The average molecular weight is 195 g/mol. The molecule has 0 saturated carbocycles. The number of aromatic nitrogens is 4. The van der Waals surface area contributed by atoms with Crippen LogP contribution in [0.4, 0.5) is 5.95 Å². The van der Waals surface area contributed by atoms with E-state index in [-0.39, 0.29) is 11.5 Å². The van der Waals surface area contributed by atoms with Crippen LogP contribution in [-0.4, -0.2) is 19.9 Å². The molecule has 0 fully saturated rings. The summed E-state index contributed by atoms with van der Waals surface area (Å²) >= 11 is 4.80. The molecule has 0 aliphatic carbocycles. The Morgan fingerprint density at radius 3 is 3.00 bits per heavy atom. The predicted molar refractivity (Wildman–Crippen MR) is 49.8 cm³/mol. The van der Waals surface area contributed by atoms with Crippen molar-refractivity contribution in [3.63, 3.8) is 0 Å². The summed E-state index contributed by atoms with van der Waals surface area (Å²) in [6, 6.07) is 0. The summed E-state index contributed by atoms with van der Waals surface area (Å²) in [4.78, 5) is 23.9. The lowest BCUT2D eigenvalue weighted by atomic mass is 10.5. The fourth-order valence-corrected chi connectivity index (χ4v) is 1.12. The van der Waals surface area contributed by atoms with Gasteiger partial charge in [0.05, 0.1) is 6.20 Å². The Morgan fingerprint density at radius 1 is 1.46 bits per heavy atom. The predicted octanol–water partition coefficient (Wildman–Crippen LogP) is -0.0421. The number of hydrogen-bond acceptors (Lipinski definition) is 5. The number of nitrogens with zero attached hydrogens (tertiary/aromatic N) is 2. The van der Waals surface area contributed by atoms with Gasteiger partial charge in [-0.2, -0.15) is 4.98 Å². The van der Waals surface area contributed by atoms with E-state index in [9.17, 15) is 4.79 Å². The van der Waals surface area contributed by atoms with Gasteiger partial charge in [-0.3, -0.25) is 4.79 Å². The molecule has 0 atom stereocenters. The highest BCUT2D eigenvalue weighted by molar-refractivity contribution is 7.71. The van der Waals surface area contributed by atoms with Gasteiger partial charge in [-0.05, 0) is 0 Å². The van der Waals surface area contributed by atoms with Crippen LogP contribution in [0.25, 0.3) is 11.2 Å². The molecule has 13 heavy (non-hydrogen) atoms. The number of nitrogens with one attached hydrogen (secondary N) is 2. The monoisotopic (exact) mass is 195 g/mol. The van der Waals surface area contributed by atoms with Crippen molar-refractivity contribution < 1.29 is 0 Å². The Morgan fingerprint density at radius 2 is 2.23 bits per heavy atom. The third-order valence-corrected chi connectivity index (χ3v) is 1.69. The van der Waals surface area contributed by atoms with Crippen molar-refractivity contribution in [3.05, 3.63) is 21.2 Å². The first-order chi connectivity index (χ1) is 6.16. The van der Waals surface area contributed by atoms with E-state index in [2.05, 4.69) is 19.9 Å². The van der Waals surface area contributed by atoms with Gasteiger partial charge in [0.15, 0.2) is 11.2 Å². The van der Waals surface area contributed by atoms with Crippen molar-refractivity contribution in [2.75, 3.05) is 5.73 Å². The second-order valence-electron chi connectivity index (χ2n) is 2.40. The highest BCUT2D eigenvalue weighted by atomic mass is 32.1. The van der Waals surface area contributed by atoms with Gasteiger partial charge in [0.1, 0.15) is 4.64 Å². The minimum Gasteiger partial charge on any atom is -0.369 e. The first kappa shape index (κ1) is 7.87. The summed E-state index contributed by atoms with van der Waals surface area (Å²) < 4.78 is 0.379. The van der Waals surface area contributed by atoms with Gasteiger partial charge >= 0.3 is 0 Å². The van der Waals surface area contributed by atoms with E-state index >= 15 is 0 Å². The van der Waals surface area contributed by atoms with Gasteiger partial charge in [0.2, 0.25) is 5.95 Å². The van der Waals surface area contributed by atoms with Crippen LogP contribution >= 0.6 is 12.2 Å². The standard InChI is InChI=1S/C6H5N5OS/c7-6-10-4-3(5(12)11-6)9-2(13)1-8-4/h1H,(H,9,13)(H3,7,8,10,11,12). The molecule has 4 N–H and O–H groups in total. The van der Waals surface area contributed by atoms with Gasteiger partial charge < -0.3 is 15.7 Å². The topological polar surface area (TPSA) is 100 Å². The summed E-state index contributed by atoms with van der Waals surface area (Å²) in [5.74, 6) is 0.0375. The summed E-state index contributed by atoms with van der Waals surface area (Å²) in [5, 5.41) is 0. The molecule has 2 heterocycles. The molecule has 6 nitrogen and oxygen atoms in total. The molecule has 0 unspecified atom stereocenters. The minimum atomic E-state index is -0.467. The minimum absolute atomic E-state index is 0.0375. The van der Waals surface area contributed by atoms with Gasteiger partial charge in [-0.25, -0.2) is 4.98 Å². The molecule has 0 aliphatic heterocycles. The van der Waals surface area contributed by atoms with E-state index in [0.29, 0.717) is 10.3 Å². The average Bonchev–Trinajstić information content (AvgIpc) is 2.06. The third kappa shape index (κ3) is 1.29. The van der Waals surface area contributed by atoms with Crippen molar-refractivity contribution in [3.8, 4) is 0 Å². The molecule has 0 bridgehead atoms. The second kappa shape index (κ2) is 2.63. The van der Waals surface area contributed by atoms with E-state index in [0.717, 1.165) is 0 Å². The normalized spacial score (nSPS) is 10.5. The second-order valence-corrected chi connectivity index (χ2v) is 2.84. The Hall–Kier alpha value is -1.76.